The molecule has 2 aliphatic rings. The molecule has 4 heterocycles. The van der Waals surface area contributed by atoms with Crippen LogP contribution in [-0.4, -0.2) is 54.5 Å². The molecule has 0 aliphatic carbocycles. The Morgan fingerprint density at radius 1 is 1.22 bits per heavy atom. The fraction of sp³-hybridized carbons (Fsp3) is 0.609. The Balaban J connectivity index is 1.56. The number of likely N-dealkylation sites (tertiary alicyclic amines) is 1. The van der Waals surface area contributed by atoms with Crippen LogP contribution in [0.4, 0.5) is 0 Å². The van der Waals surface area contributed by atoms with Gasteiger partial charge in [0.25, 0.3) is 11.5 Å². The number of aromatic nitrogens is 4. The molecule has 1 saturated heterocycles. The normalized spacial score (nSPS) is 18.3. The molecule has 0 aromatic carbocycles. The van der Waals surface area contributed by atoms with Gasteiger partial charge in [0.2, 0.25) is 5.91 Å². The van der Waals surface area contributed by atoms with Gasteiger partial charge in [0, 0.05) is 38.2 Å². The van der Waals surface area contributed by atoms with Gasteiger partial charge in [0.05, 0.1) is 23.8 Å². The summed E-state index contributed by atoms with van der Waals surface area (Å²) < 4.78 is 1.66. The second-order valence-corrected chi connectivity index (χ2v) is 8.59. The van der Waals surface area contributed by atoms with E-state index in [0.29, 0.717) is 43.1 Å². The largest absolute Gasteiger partial charge is 0.332 e. The summed E-state index contributed by atoms with van der Waals surface area (Å²) in [4.78, 5) is 50.3. The van der Waals surface area contributed by atoms with Crippen molar-refractivity contribution in [3.05, 3.63) is 45.4 Å². The van der Waals surface area contributed by atoms with E-state index in [-0.39, 0.29) is 35.9 Å². The lowest BCUT2D eigenvalue weighted by molar-refractivity contribution is -0.136. The molecular formula is C23H32N6O3. The quantitative estimate of drug-likeness (QED) is 0.742. The van der Waals surface area contributed by atoms with E-state index in [1.807, 2.05) is 25.7 Å². The predicted octanol–water partition coefficient (Wildman–Crippen LogP) is 2.28. The van der Waals surface area contributed by atoms with Crippen molar-refractivity contribution in [1.82, 2.24) is 29.5 Å². The first-order chi connectivity index (χ1) is 15.5. The minimum absolute atomic E-state index is 0.0103. The number of rotatable bonds is 6. The van der Waals surface area contributed by atoms with E-state index in [1.54, 1.807) is 21.8 Å². The van der Waals surface area contributed by atoms with Gasteiger partial charge < -0.3 is 14.8 Å². The summed E-state index contributed by atoms with van der Waals surface area (Å²) in [6.07, 6.45) is 5.47. The van der Waals surface area contributed by atoms with Gasteiger partial charge in [-0.3, -0.25) is 19.1 Å². The minimum Gasteiger partial charge on any atom is -0.332 e. The van der Waals surface area contributed by atoms with E-state index in [2.05, 4.69) is 10.1 Å². The second-order valence-electron chi connectivity index (χ2n) is 8.59. The zero-order chi connectivity index (χ0) is 22.8. The topological polar surface area (TPSA) is 104 Å². The van der Waals surface area contributed by atoms with Gasteiger partial charge in [-0.05, 0) is 38.7 Å². The summed E-state index contributed by atoms with van der Waals surface area (Å²) in [6.45, 7) is 8.05. The number of aromatic amines is 1. The third kappa shape index (κ3) is 3.96. The molecule has 0 bridgehead atoms. The monoisotopic (exact) mass is 440 g/mol. The van der Waals surface area contributed by atoms with Gasteiger partial charge in [-0.25, -0.2) is 4.98 Å². The van der Waals surface area contributed by atoms with Crippen molar-refractivity contribution in [1.29, 1.82) is 0 Å². The first-order valence-electron chi connectivity index (χ1n) is 11.7. The third-order valence-electron chi connectivity index (χ3n) is 6.80. The maximum Gasteiger partial charge on any atom is 0.272 e. The lowest BCUT2D eigenvalue weighted by atomic mass is 10.0. The smallest absolute Gasteiger partial charge is 0.272 e. The summed E-state index contributed by atoms with van der Waals surface area (Å²) in [5.74, 6) is 0.615. The molecule has 1 fully saturated rings. The number of carbonyl (C=O) groups is 2. The zero-order valence-corrected chi connectivity index (χ0v) is 19.1. The summed E-state index contributed by atoms with van der Waals surface area (Å²) in [5, 5.41) is 4.17. The Morgan fingerprint density at radius 3 is 2.72 bits per heavy atom. The van der Waals surface area contributed by atoms with E-state index in [0.717, 1.165) is 31.4 Å². The van der Waals surface area contributed by atoms with Crippen LogP contribution in [0.25, 0.3) is 0 Å². The molecule has 32 heavy (non-hydrogen) atoms. The number of nitrogens with zero attached hydrogens (tertiary/aromatic N) is 5. The molecule has 2 aromatic heterocycles. The number of hydrogen-bond donors (Lipinski definition) is 1. The van der Waals surface area contributed by atoms with E-state index >= 15 is 0 Å². The number of carbonyl (C=O) groups excluding carboxylic acids is 2. The van der Waals surface area contributed by atoms with Gasteiger partial charge in [0.15, 0.2) is 0 Å². The van der Waals surface area contributed by atoms with Crippen LogP contribution < -0.4 is 5.56 Å². The molecule has 9 heteroatoms. The first-order valence-corrected chi connectivity index (χ1v) is 11.7. The first kappa shape index (κ1) is 22.2. The van der Waals surface area contributed by atoms with Gasteiger partial charge >= 0.3 is 0 Å². The van der Waals surface area contributed by atoms with Gasteiger partial charge in [0.1, 0.15) is 11.5 Å². The standard InChI is InChI=1S/C23H32N6O3/c1-4-15(5-2)22(31)28-12-7-8-18(28)20-25-17-10-13-27(14-16(17)21(30)26-20)23(32)19-9-11-24-29(19)6-3/h9,11,15,18H,4-8,10,12-14H2,1-3H3,(H,25,26,30)/t18-/m1/s1. The molecule has 4 rings (SSSR count). The van der Waals surface area contributed by atoms with Crippen molar-refractivity contribution < 1.29 is 9.59 Å². The molecule has 2 amide bonds. The average molecular weight is 441 g/mol. The number of nitrogens with one attached hydrogen (secondary N) is 1. The Morgan fingerprint density at radius 2 is 2.00 bits per heavy atom. The molecule has 172 valence electrons. The lowest BCUT2D eigenvalue weighted by Gasteiger charge is -2.30. The highest BCUT2D eigenvalue weighted by Gasteiger charge is 2.35. The van der Waals surface area contributed by atoms with E-state index in [9.17, 15) is 14.4 Å². The molecule has 1 atom stereocenters. The molecule has 2 aromatic rings. The molecule has 0 radical (unpaired) electrons. The lowest BCUT2D eigenvalue weighted by Crippen LogP contribution is -2.41. The van der Waals surface area contributed by atoms with Crippen molar-refractivity contribution in [2.24, 2.45) is 5.92 Å². The van der Waals surface area contributed by atoms with Crippen LogP contribution in [-0.2, 0) is 24.3 Å². The molecule has 0 unspecified atom stereocenters. The Hall–Kier alpha value is -2.97. The fourth-order valence-electron chi connectivity index (χ4n) is 4.89. The second kappa shape index (κ2) is 9.26. The van der Waals surface area contributed by atoms with Crippen molar-refractivity contribution >= 4 is 11.8 Å². The van der Waals surface area contributed by atoms with Crippen LogP contribution >= 0.6 is 0 Å². The van der Waals surface area contributed by atoms with E-state index in [4.69, 9.17) is 4.98 Å². The highest BCUT2D eigenvalue weighted by molar-refractivity contribution is 5.92. The molecule has 2 aliphatic heterocycles. The maximum absolute atomic E-state index is 13.0. The Labute approximate surface area is 187 Å². The van der Waals surface area contributed by atoms with Crippen molar-refractivity contribution in [3.63, 3.8) is 0 Å². The van der Waals surface area contributed by atoms with Crippen LogP contribution in [0.5, 0.6) is 0 Å². The summed E-state index contributed by atoms with van der Waals surface area (Å²) in [6, 6.07) is 1.53. The highest BCUT2D eigenvalue weighted by atomic mass is 16.2. The number of aryl methyl sites for hydroxylation is 1. The van der Waals surface area contributed by atoms with Crippen molar-refractivity contribution in [2.75, 3.05) is 13.1 Å². The fourth-order valence-corrected chi connectivity index (χ4v) is 4.89. The van der Waals surface area contributed by atoms with Crippen LogP contribution in [0, 0.1) is 5.92 Å². The molecule has 9 nitrogen and oxygen atoms in total. The number of hydrogen-bond acceptors (Lipinski definition) is 5. The van der Waals surface area contributed by atoms with Gasteiger partial charge in [-0.1, -0.05) is 13.8 Å². The third-order valence-corrected chi connectivity index (χ3v) is 6.80. The number of fused-ring (bicyclic) bond motifs is 1. The average Bonchev–Trinajstić information content (AvgIpc) is 3.48. The van der Waals surface area contributed by atoms with Gasteiger partial charge in [-0.15, -0.1) is 0 Å². The molecular weight excluding hydrogens is 408 g/mol. The van der Waals surface area contributed by atoms with Crippen LogP contribution in [0.1, 0.15) is 80.1 Å². The maximum atomic E-state index is 13.0. The van der Waals surface area contributed by atoms with Crippen LogP contribution in [0.3, 0.4) is 0 Å². The van der Waals surface area contributed by atoms with Gasteiger partial charge in [-0.2, -0.15) is 5.10 Å². The van der Waals surface area contributed by atoms with Crippen LogP contribution in [0.2, 0.25) is 0 Å². The number of H-pyrrole nitrogens is 1. The number of amides is 2. The minimum atomic E-state index is -0.215. The Bertz CT molecular complexity index is 1050. The summed E-state index contributed by atoms with van der Waals surface area (Å²) in [7, 11) is 0. The Kier molecular flexibility index (Phi) is 6.43. The van der Waals surface area contributed by atoms with Crippen LogP contribution in [0.15, 0.2) is 17.1 Å². The predicted molar refractivity (Wildman–Crippen MR) is 119 cm³/mol. The molecule has 0 spiro atoms. The summed E-state index contributed by atoms with van der Waals surface area (Å²) in [5.41, 5.74) is 1.58. The van der Waals surface area contributed by atoms with Crippen molar-refractivity contribution in [2.45, 2.75) is 72.0 Å². The summed E-state index contributed by atoms with van der Waals surface area (Å²) >= 11 is 0. The zero-order valence-electron chi connectivity index (χ0n) is 19.1. The SMILES string of the molecule is CCC(CC)C(=O)N1CCC[C@@H]1c1nc2c(c(=O)[nH]1)CN(C(=O)c1ccnn1CC)CC2. The molecule has 1 N–H and O–H groups in total. The molecule has 0 saturated carbocycles. The van der Waals surface area contributed by atoms with Crippen molar-refractivity contribution in [3.8, 4) is 0 Å². The van der Waals surface area contributed by atoms with E-state index in [1.165, 1.54) is 0 Å². The van der Waals surface area contributed by atoms with E-state index < -0.39 is 0 Å². The highest BCUT2D eigenvalue weighted by Crippen LogP contribution is 2.32.